The van der Waals surface area contributed by atoms with E-state index in [2.05, 4.69) is 59.1 Å². The van der Waals surface area contributed by atoms with Gasteiger partial charge in [-0.2, -0.15) is 0 Å². The number of nitrogens with one attached hydrogen (secondary N) is 2. The maximum atomic E-state index is 12.2. The van der Waals surface area contributed by atoms with Gasteiger partial charge in [0, 0.05) is 23.9 Å². The summed E-state index contributed by atoms with van der Waals surface area (Å²) in [5, 5.41) is 6.18. The molecule has 0 unspecified atom stereocenters. The fraction of sp³-hybridized carbons (Fsp3) is 0.905. The van der Waals surface area contributed by atoms with Crippen LogP contribution in [0.4, 0.5) is 0 Å². The molecule has 0 saturated heterocycles. The van der Waals surface area contributed by atoms with Gasteiger partial charge in [-0.15, -0.1) is 0 Å². The Bertz CT molecular complexity index is 451. The molecule has 0 rings (SSSR count). The number of hydrogen-bond donors (Lipinski definition) is 2. The second kappa shape index (κ2) is 8.55. The van der Waals surface area contributed by atoms with Gasteiger partial charge in [0.05, 0.1) is 0 Å². The van der Waals surface area contributed by atoms with Crippen molar-refractivity contribution in [3.8, 4) is 0 Å². The van der Waals surface area contributed by atoms with E-state index >= 15 is 0 Å². The van der Waals surface area contributed by atoms with E-state index in [0.717, 1.165) is 19.3 Å². The molecule has 4 nitrogen and oxygen atoms in total. The Morgan fingerprint density at radius 3 is 1.64 bits per heavy atom. The van der Waals surface area contributed by atoms with E-state index in [1.54, 1.807) is 0 Å². The smallest absolute Gasteiger partial charge is 0.220 e. The third-order valence-electron chi connectivity index (χ3n) is 4.14. The Morgan fingerprint density at radius 2 is 1.20 bits per heavy atom. The quantitative estimate of drug-likeness (QED) is 0.656. The number of carbonyl (C=O) groups excluding carboxylic acids is 2. The van der Waals surface area contributed by atoms with Gasteiger partial charge in [-0.3, -0.25) is 9.59 Å². The summed E-state index contributed by atoms with van der Waals surface area (Å²) in [5.41, 5.74) is -0.338. The van der Waals surface area contributed by atoms with Gasteiger partial charge >= 0.3 is 0 Å². The van der Waals surface area contributed by atoms with Crippen molar-refractivity contribution in [2.75, 3.05) is 0 Å². The predicted molar refractivity (Wildman–Crippen MR) is 106 cm³/mol. The SMILES string of the molecule is CC(C)(C)CC(=O)NC(C)(C)CCC(C)(C)CCC(=O)NC(C)(C)C. The summed E-state index contributed by atoms with van der Waals surface area (Å²) in [6.45, 7) is 20.8. The van der Waals surface area contributed by atoms with Crippen LogP contribution >= 0.6 is 0 Å². The van der Waals surface area contributed by atoms with Crippen LogP contribution in [0.2, 0.25) is 0 Å². The highest BCUT2D eigenvalue weighted by Gasteiger charge is 2.28. The summed E-state index contributed by atoms with van der Waals surface area (Å²) < 4.78 is 0. The van der Waals surface area contributed by atoms with E-state index in [9.17, 15) is 9.59 Å². The van der Waals surface area contributed by atoms with Crippen LogP contribution < -0.4 is 10.6 Å². The summed E-state index contributed by atoms with van der Waals surface area (Å²) in [5.74, 6) is 0.221. The van der Waals surface area contributed by atoms with Gasteiger partial charge in [-0.1, -0.05) is 34.6 Å². The summed E-state index contributed by atoms with van der Waals surface area (Å²) in [4.78, 5) is 24.2. The first-order valence-electron chi connectivity index (χ1n) is 9.53. The molecule has 0 aromatic heterocycles. The maximum Gasteiger partial charge on any atom is 0.220 e. The Balaban J connectivity index is 4.41. The van der Waals surface area contributed by atoms with Crippen molar-refractivity contribution in [1.82, 2.24) is 10.6 Å². The lowest BCUT2D eigenvalue weighted by Gasteiger charge is -2.33. The molecular formula is C21H42N2O2. The molecule has 2 amide bonds. The molecule has 0 saturated carbocycles. The number of hydrogen-bond acceptors (Lipinski definition) is 2. The third-order valence-corrected chi connectivity index (χ3v) is 4.14. The topological polar surface area (TPSA) is 58.2 Å². The zero-order valence-electron chi connectivity index (χ0n) is 18.4. The fourth-order valence-electron chi connectivity index (χ4n) is 2.67. The molecule has 148 valence electrons. The molecule has 0 heterocycles. The van der Waals surface area contributed by atoms with E-state index in [0.29, 0.717) is 12.8 Å². The van der Waals surface area contributed by atoms with Crippen LogP contribution in [0.3, 0.4) is 0 Å². The molecule has 0 aliphatic rings. The Morgan fingerprint density at radius 1 is 0.680 bits per heavy atom. The molecule has 25 heavy (non-hydrogen) atoms. The zero-order valence-corrected chi connectivity index (χ0v) is 18.4. The summed E-state index contributed by atoms with van der Waals surface area (Å²) in [7, 11) is 0. The van der Waals surface area contributed by atoms with Gasteiger partial charge in [-0.05, 0) is 64.7 Å². The van der Waals surface area contributed by atoms with E-state index in [4.69, 9.17) is 0 Å². The Labute approximate surface area is 155 Å². The molecule has 0 bridgehead atoms. The van der Waals surface area contributed by atoms with Gasteiger partial charge in [0.15, 0.2) is 0 Å². The van der Waals surface area contributed by atoms with Crippen LogP contribution in [0.5, 0.6) is 0 Å². The molecule has 0 aromatic carbocycles. The van der Waals surface area contributed by atoms with Crippen LogP contribution in [0.25, 0.3) is 0 Å². The normalized spacial score (nSPS) is 13.5. The minimum atomic E-state index is -0.229. The van der Waals surface area contributed by atoms with Gasteiger partial charge in [0.2, 0.25) is 11.8 Å². The van der Waals surface area contributed by atoms with E-state index in [1.807, 2.05) is 20.8 Å². The lowest BCUT2D eigenvalue weighted by Crippen LogP contribution is -2.45. The van der Waals surface area contributed by atoms with Crippen molar-refractivity contribution in [3.05, 3.63) is 0 Å². The first kappa shape index (κ1) is 23.9. The van der Waals surface area contributed by atoms with E-state index < -0.39 is 0 Å². The first-order valence-corrected chi connectivity index (χ1v) is 9.53. The minimum absolute atomic E-state index is 0.000149. The minimum Gasteiger partial charge on any atom is -0.352 e. The van der Waals surface area contributed by atoms with Gasteiger partial charge in [-0.25, -0.2) is 0 Å². The summed E-state index contributed by atoms with van der Waals surface area (Å²) in [6.07, 6.45) is 3.80. The Kier molecular flexibility index (Phi) is 8.19. The summed E-state index contributed by atoms with van der Waals surface area (Å²) in [6, 6.07) is 0. The fourth-order valence-corrected chi connectivity index (χ4v) is 2.67. The number of carbonyl (C=O) groups is 2. The Hall–Kier alpha value is -1.06. The molecule has 0 atom stereocenters. The molecule has 2 N–H and O–H groups in total. The van der Waals surface area contributed by atoms with E-state index in [-0.39, 0.29) is 33.7 Å². The van der Waals surface area contributed by atoms with Gasteiger partial charge in [0.25, 0.3) is 0 Å². The van der Waals surface area contributed by atoms with Crippen LogP contribution in [0, 0.1) is 10.8 Å². The number of rotatable bonds is 8. The highest BCUT2D eigenvalue weighted by atomic mass is 16.2. The van der Waals surface area contributed by atoms with Crippen molar-refractivity contribution in [2.24, 2.45) is 10.8 Å². The standard InChI is InChI=1S/C21H42N2O2/c1-18(2,3)15-17(25)23-21(9,10)14-13-20(7,8)12-11-16(24)22-19(4,5)6/h11-15H2,1-10H3,(H,22,24)(H,23,25). The van der Waals surface area contributed by atoms with Gasteiger partial charge in [0.1, 0.15) is 0 Å². The van der Waals surface area contributed by atoms with Crippen LogP contribution in [-0.2, 0) is 9.59 Å². The summed E-state index contributed by atoms with van der Waals surface area (Å²) >= 11 is 0. The second-order valence-electron chi connectivity index (χ2n) is 11.1. The first-order chi connectivity index (χ1) is 10.9. The largest absolute Gasteiger partial charge is 0.352 e. The monoisotopic (exact) mass is 354 g/mol. The molecule has 0 aromatic rings. The van der Waals surface area contributed by atoms with Crippen LogP contribution in [-0.4, -0.2) is 22.9 Å². The predicted octanol–water partition coefficient (Wildman–Crippen LogP) is 4.82. The molecular weight excluding hydrogens is 312 g/mol. The highest BCUT2D eigenvalue weighted by Crippen LogP contribution is 2.31. The molecule has 4 heteroatoms. The van der Waals surface area contributed by atoms with Crippen molar-refractivity contribution in [3.63, 3.8) is 0 Å². The van der Waals surface area contributed by atoms with Gasteiger partial charge < -0.3 is 10.6 Å². The molecule has 0 aliphatic heterocycles. The lowest BCUT2D eigenvalue weighted by atomic mass is 9.79. The van der Waals surface area contributed by atoms with Crippen molar-refractivity contribution in [1.29, 1.82) is 0 Å². The second-order valence-corrected chi connectivity index (χ2v) is 11.1. The van der Waals surface area contributed by atoms with Crippen molar-refractivity contribution in [2.45, 2.75) is 112 Å². The number of amides is 2. The third kappa shape index (κ3) is 13.9. The highest BCUT2D eigenvalue weighted by molar-refractivity contribution is 5.77. The van der Waals surface area contributed by atoms with Crippen LogP contribution in [0.15, 0.2) is 0 Å². The molecule has 0 radical (unpaired) electrons. The lowest BCUT2D eigenvalue weighted by molar-refractivity contribution is -0.124. The maximum absolute atomic E-state index is 12.2. The van der Waals surface area contributed by atoms with E-state index in [1.165, 1.54) is 0 Å². The molecule has 0 spiro atoms. The molecule has 0 aliphatic carbocycles. The van der Waals surface area contributed by atoms with Crippen molar-refractivity contribution < 1.29 is 9.59 Å². The molecule has 0 fully saturated rings. The van der Waals surface area contributed by atoms with Crippen LogP contribution in [0.1, 0.15) is 101 Å². The zero-order chi connectivity index (χ0) is 20.1. The van der Waals surface area contributed by atoms with Crippen molar-refractivity contribution >= 4 is 11.8 Å². The average molecular weight is 355 g/mol. The average Bonchev–Trinajstić information content (AvgIpc) is 2.29.